The van der Waals surface area contributed by atoms with Crippen LogP contribution < -0.4 is 0 Å². The van der Waals surface area contributed by atoms with E-state index in [1.165, 1.54) is 0 Å². The topological polar surface area (TPSA) is 93.1 Å². The molecule has 1 fully saturated rings. The van der Waals surface area contributed by atoms with Crippen LogP contribution in [0.2, 0.25) is 0 Å². The molecule has 0 bridgehead atoms. The summed E-state index contributed by atoms with van der Waals surface area (Å²) < 4.78 is 0. The van der Waals surface area contributed by atoms with Crippen LogP contribution in [0.3, 0.4) is 0 Å². The normalized spacial score (nSPS) is 19.8. The molecule has 1 rings (SSSR count). The number of hydrogen-bond acceptors (Lipinski definition) is 5. The Bertz CT molecular complexity index is 289. The van der Waals surface area contributed by atoms with Gasteiger partial charge in [-0.1, -0.05) is 0 Å². The first kappa shape index (κ1) is 11.3. The van der Waals surface area contributed by atoms with Gasteiger partial charge in [-0.15, -0.1) is 0 Å². The van der Waals surface area contributed by atoms with Crippen LogP contribution in [-0.2, 0) is 19.4 Å². The van der Waals surface area contributed by atoms with E-state index in [1.54, 1.807) is 0 Å². The van der Waals surface area contributed by atoms with Gasteiger partial charge in [0.25, 0.3) is 0 Å². The van der Waals surface area contributed by atoms with Gasteiger partial charge in [0.2, 0.25) is 0 Å². The van der Waals surface area contributed by atoms with Gasteiger partial charge in [-0.3, -0.25) is 4.90 Å². The molecule has 7 heteroatoms. The van der Waals surface area contributed by atoms with Gasteiger partial charge in [-0.2, -0.15) is 0 Å². The van der Waals surface area contributed by atoms with Crippen LogP contribution in [-0.4, -0.2) is 40.6 Å². The Balaban J connectivity index is 2.51. The molecule has 1 aliphatic rings. The summed E-state index contributed by atoms with van der Waals surface area (Å²) in [6.45, 7) is 1.36. The van der Waals surface area contributed by atoms with Crippen LogP contribution in [0, 0.1) is 0 Å². The van der Waals surface area contributed by atoms with E-state index in [9.17, 15) is 14.4 Å². The summed E-state index contributed by atoms with van der Waals surface area (Å²) in [7, 11) is 0. The molecule has 0 aromatic rings. The lowest BCUT2D eigenvalue weighted by Gasteiger charge is -2.18. The highest BCUT2D eigenvalue weighted by molar-refractivity contribution is 5.80. The summed E-state index contributed by atoms with van der Waals surface area (Å²) in [4.78, 5) is 41.5. The number of carboxylic acid groups (broad SMARTS) is 1. The first-order valence-corrected chi connectivity index (χ1v) is 4.41. The van der Waals surface area contributed by atoms with Crippen LogP contribution >= 0.6 is 0 Å². The fourth-order valence-corrected chi connectivity index (χ4v) is 1.38. The average molecular weight is 217 g/mol. The van der Waals surface area contributed by atoms with E-state index in [4.69, 9.17) is 5.11 Å². The number of carboxylic acids is 1. The molecule has 7 nitrogen and oxygen atoms in total. The van der Waals surface area contributed by atoms with E-state index in [2.05, 4.69) is 9.78 Å². The van der Waals surface area contributed by atoms with E-state index in [0.717, 1.165) is 11.8 Å². The maximum atomic E-state index is 11.2. The van der Waals surface area contributed by atoms with Crippen molar-refractivity contribution in [1.29, 1.82) is 0 Å². The number of nitrogens with zero attached hydrogens (tertiary/aromatic N) is 1. The van der Waals surface area contributed by atoms with Crippen molar-refractivity contribution in [2.24, 2.45) is 0 Å². The second-order valence-electron chi connectivity index (χ2n) is 3.11. The summed E-state index contributed by atoms with van der Waals surface area (Å²) in [6, 6.07) is -0.895. The summed E-state index contributed by atoms with van der Waals surface area (Å²) in [6.07, 6.45) is 0.0199. The summed E-state index contributed by atoms with van der Waals surface area (Å²) in [5, 5.41) is 8.75. The average Bonchev–Trinajstić information content (AvgIpc) is 2.62. The third kappa shape index (κ3) is 2.83. The van der Waals surface area contributed by atoms with Crippen molar-refractivity contribution in [3.05, 3.63) is 0 Å². The molecule has 0 radical (unpaired) electrons. The van der Waals surface area contributed by atoms with Crippen molar-refractivity contribution in [2.45, 2.75) is 25.8 Å². The lowest BCUT2D eigenvalue weighted by atomic mass is 10.2. The fraction of sp³-hybridized carbons (Fsp3) is 0.625. The van der Waals surface area contributed by atoms with Gasteiger partial charge in [-0.25, -0.2) is 24.2 Å². The van der Waals surface area contributed by atoms with E-state index in [0.29, 0.717) is 12.8 Å². The lowest BCUT2D eigenvalue weighted by Crippen LogP contribution is -2.40. The van der Waals surface area contributed by atoms with Gasteiger partial charge < -0.3 is 5.11 Å². The molecule has 1 heterocycles. The number of likely N-dealkylation sites (tertiary alicyclic amines) is 1. The molecule has 0 spiro atoms. The second-order valence-corrected chi connectivity index (χ2v) is 3.11. The maximum absolute atomic E-state index is 11.2. The zero-order chi connectivity index (χ0) is 11.4. The Morgan fingerprint density at radius 2 is 2.00 bits per heavy atom. The van der Waals surface area contributed by atoms with E-state index >= 15 is 0 Å². The Hall–Kier alpha value is -1.79. The molecule has 1 N–H and O–H groups in total. The largest absolute Gasteiger partial charge is 0.480 e. The second kappa shape index (κ2) is 4.63. The maximum Gasteiger partial charge on any atom is 0.453 e. The van der Waals surface area contributed by atoms with Crippen LogP contribution in [0.15, 0.2) is 0 Å². The minimum Gasteiger partial charge on any atom is -0.480 e. The van der Waals surface area contributed by atoms with Crippen LogP contribution in [0.25, 0.3) is 0 Å². The van der Waals surface area contributed by atoms with Gasteiger partial charge in [-0.05, 0) is 12.8 Å². The van der Waals surface area contributed by atoms with Gasteiger partial charge in [0.1, 0.15) is 6.04 Å². The molecule has 15 heavy (non-hydrogen) atoms. The molecule has 1 amide bonds. The molecular formula is C8H11NO6. The smallest absolute Gasteiger partial charge is 0.453 e. The SMILES string of the molecule is CC(=O)OOC(=O)N1CCCC1C(=O)O. The third-order valence-electron chi connectivity index (χ3n) is 2.00. The number of rotatable bonds is 1. The number of carbonyl (C=O) groups excluding carboxylic acids is 2. The van der Waals surface area contributed by atoms with Crippen LogP contribution in [0.1, 0.15) is 19.8 Å². The minimum absolute atomic E-state index is 0.289. The van der Waals surface area contributed by atoms with Gasteiger partial charge in [0.05, 0.1) is 0 Å². The predicted molar refractivity (Wildman–Crippen MR) is 45.6 cm³/mol. The van der Waals surface area contributed by atoms with Crippen molar-refractivity contribution in [1.82, 2.24) is 4.90 Å². The van der Waals surface area contributed by atoms with Crippen molar-refractivity contribution in [2.75, 3.05) is 6.54 Å². The first-order valence-electron chi connectivity index (χ1n) is 4.41. The van der Waals surface area contributed by atoms with E-state index in [-0.39, 0.29) is 6.54 Å². The predicted octanol–water partition coefficient (Wildman–Crippen LogP) is 0.150. The highest BCUT2D eigenvalue weighted by Gasteiger charge is 2.35. The first-order chi connectivity index (χ1) is 7.02. The number of hydrogen-bond donors (Lipinski definition) is 1. The molecular weight excluding hydrogens is 206 g/mol. The Kier molecular flexibility index (Phi) is 3.48. The van der Waals surface area contributed by atoms with Crippen LogP contribution in [0.5, 0.6) is 0 Å². The quantitative estimate of drug-likeness (QED) is 0.496. The monoisotopic (exact) mass is 217 g/mol. The molecule has 1 unspecified atom stereocenters. The van der Waals surface area contributed by atoms with Gasteiger partial charge >= 0.3 is 18.0 Å². The Morgan fingerprint density at radius 3 is 2.53 bits per heavy atom. The zero-order valence-corrected chi connectivity index (χ0v) is 8.13. The standard InChI is InChI=1S/C8H11NO6/c1-5(10)14-15-8(13)9-4-2-3-6(9)7(11)12/h6H,2-4H2,1H3,(H,11,12). The molecule has 0 aromatic carbocycles. The molecule has 1 saturated heterocycles. The number of carbonyl (C=O) groups is 3. The highest BCUT2D eigenvalue weighted by atomic mass is 17.2. The molecule has 0 aromatic heterocycles. The number of amides is 1. The van der Waals surface area contributed by atoms with Crippen LogP contribution in [0.4, 0.5) is 4.79 Å². The Labute approximate surface area is 85.5 Å². The Morgan fingerprint density at radius 1 is 1.33 bits per heavy atom. The van der Waals surface area contributed by atoms with Gasteiger partial charge in [0, 0.05) is 13.5 Å². The number of aliphatic carboxylic acids is 1. The highest BCUT2D eigenvalue weighted by Crippen LogP contribution is 2.18. The fourth-order valence-electron chi connectivity index (χ4n) is 1.38. The third-order valence-corrected chi connectivity index (χ3v) is 2.00. The summed E-state index contributed by atoms with van der Waals surface area (Å²) >= 11 is 0. The molecule has 1 aliphatic heterocycles. The molecule has 0 aliphatic carbocycles. The zero-order valence-electron chi connectivity index (χ0n) is 8.13. The van der Waals surface area contributed by atoms with E-state index < -0.39 is 24.1 Å². The lowest BCUT2D eigenvalue weighted by molar-refractivity contribution is -0.235. The van der Waals surface area contributed by atoms with Crippen molar-refractivity contribution in [3.63, 3.8) is 0 Å². The van der Waals surface area contributed by atoms with Crippen molar-refractivity contribution < 1.29 is 29.3 Å². The van der Waals surface area contributed by atoms with E-state index in [1.807, 2.05) is 0 Å². The molecule has 0 saturated carbocycles. The van der Waals surface area contributed by atoms with Crippen molar-refractivity contribution in [3.8, 4) is 0 Å². The summed E-state index contributed by atoms with van der Waals surface area (Å²) in [5.74, 6) is -1.86. The van der Waals surface area contributed by atoms with Gasteiger partial charge in [0.15, 0.2) is 0 Å². The molecule has 1 atom stereocenters. The minimum atomic E-state index is -1.09. The van der Waals surface area contributed by atoms with Crippen molar-refractivity contribution >= 4 is 18.0 Å². The molecule has 84 valence electrons. The summed E-state index contributed by atoms with van der Waals surface area (Å²) in [5.41, 5.74) is 0.